The van der Waals surface area contributed by atoms with Crippen molar-refractivity contribution in [3.05, 3.63) is 22.2 Å². The smallest absolute Gasteiger partial charge is 0.410 e. The number of nitrogens with zero attached hydrogens (tertiary/aromatic N) is 1. The molecule has 0 saturated heterocycles. The van der Waals surface area contributed by atoms with E-state index in [4.69, 9.17) is 9.47 Å². The number of hydrogen-bond donors (Lipinski definition) is 1. The lowest BCUT2D eigenvalue weighted by atomic mass is 10.2. The van der Waals surface area contributed by atoms with Gasteiger partial charge in [-0.15, -0.1) is 0 Å². The molecule has 0 spiro atoms. The zero-order valence-electron chi connectivity index (χ0n) is 12.4. The quantitative estimate of drug-likeness (QED) is 0.910. The third-order valence-corrected chi connectivity index (χ3v) is 3.38. The van der Waals surface area contributed by atoms with Crippen molar-refractivity contribution in [2.45, 2.75) is 32.9 Å². The molecule has 0 aliphatic heterocycles. The van der Waals surface area contributed by atoms with Gasteiger partial charge in [0.1, 0.15) is 5.60 Å². The van der Waals surface area contributed by atoms with Crippen LogP contribution in [0.25, 0.3) is 0 Å². The van der Waals surface area contributed by atoms with Crippen molar-refractivity contribution in [2.75, 3.05) is 14.2 Å². The van der Waals surface area contributed by atoms with Gasteiger partial charge in [-0.1, -0.05) is 6.07 Å². The number of methoxy groups -OCH3 is 1. The Morgan fingerprint density at radius 2 is 2.00 bits per heavy atom. The number of aromatic hydroxyl groups is 1. The van der Waals surface area contributed by atoms with Crippen LogP contribution >= 0.6 is 15.9 Å². The minimum atomic E-state index is -0.537. The van der Waals surface area contributed by atoms with Gasteiger partial charge in [-0.05, 0) is 48.3 Å². The van der Waals surface area contributed by atoms with Crippen LogP contribution in [-0.4, -0.2) is 35.9 Å². The molecule has 0 fully saturated rings. The van der Waals surface area contributed by atoms with E-state index >= 15 is 0 Å². The van der Waals surface area contributed by atoms with E-state index in [1.165, 1.54) is 12.0 Å². The van der Waals surface area contributed by atoms with E-state index in [0.717, 1.165) is 5.56 Å². The molecule has 1 rings (SSSR count). The molecule has 20 heavy (non-hydrogen) atoms. The number of amides is 1. The largest absolute Gasteiger partial charge is 0.503 e. The zero-order valence-corrected chi connectivity index (χ0v) is 13.9. The first-order valence-electron chi connectivity index (χ1n) is 6.14. The van der Waals surface area contributed by atoms with Crippen molar-refractivity contribution in [3.63, 3.8) is 0 Å². The topological polar surface area (TPSA) is 59.0 Å². The Balaban J connectivity index is 2.84. The number of phenols is 1. The second-order valence-corrected chi connectivity index (χ2v) is 6.22. The Kier molecular flexibility index (Phi) is 5.28. The zero-order chi connectivity index (χ0) is 15.5. The molecule has 0 radical (unpaired) electrons. The first-order chi connectivity index (χ1) is 9.15. The first kappa shape index (κ1) is 16.6. The predicted octanol–water partition coefficient (Wildman–Crippen LogP) is 3.53. The highest BCUT2D eigenvalue weighted by molar-refractivity contribution is 9.10. The summed E-state index contributed by atoms with van der Waals surface area (Å²) in [5.41, 5.74) is 0.224. The summed E-state index contributed by atoms with van der Waals surface area (Å²) in [6.45, 7) is 5.75. The second-order valence-electron chi connectivity index (χ2n) is 5.43. The van der Waals surface area contributed by atoms with Crippen LogP contribution in [0.5, 0.6) is 11.5 Å². The lowest BCUT2D eigenvalue weighted by Gasteiger charge is -2.25. The molecule has 1 N–H and O–H groups in total. The lowest BCUT2D eigenvalue weighted by Crippen LogP contribution is -2.33. The minimum absolute atomic E-state index is 0.0163. The highest BCUT2D eigenvalue weighted by Crippen LogP contribution is 2.36. The van der Waals surface area contributed by atoms with Gasteiger partial charge in [0.05, 0.1) is 11.6 Å². The van der Waals surface area contributed by atoms with Crippen LogP contribution in [0.3, 0.4) is 0 Å². The van der Waals surface area contributed by atoms with Gasteiger partial charge < -0.3 is 19.5 Å². The molecular formula is C14H20BrNO4. The Morgan fingerprint density at radius 1 is 1.40 bits per heavy atom. The fraction of sp³-hybridized carbons (Fsp3) is 0.500. The van der Waals surface area contributed by atoms with Crippen LogP contribution in [-0.2, 0) is 11.3 Å². The molecule has 0 aliphatic rings. The summed E-state index contributed by atoms with van der Waals surface area (Å²) in [7, 11) is 3.12. The Hall–Kier alpha value is -1.43. The number of halogens is 1. The van der Waals surface area contributed by atoms with Gasteiger partial charge in [-0.25, -0.2) is 4.79 Å². The molecule has 0 unspecified atom stereocenters. The maximum atomic E-state index is 11.9. The molecule has 0 heterocycles. The average Bonchev–Trinajstić information content (AvgIpc) is 2.33. The summed E-state index contributed by atoms with van der Waals surface area (Å²) in [5, 5.41) is 9.91. The lowest BCUT2D eigenvalue weighted by molar-refractivity contribution is 0.0284. The van der Waals surface area contributed by atoms with Gasteiger partial charge in [-0.2, -0.15) is 0 Å². The van der Waals surface area contributed by atoms with Gasteiger partial charge in [0.25, 0.3) is 0 Å². The number of carbonyl (C=O) groups is 1. The Labute approximate surface area is 127 Å². The minimum Gasteiger partial charge on any atom is -0.503 e. The van der Waals surface area contributed by atoms with Gasteiger partial charge in [0.2, 0.25) is 0 Å². The summed E-state index contributed by atoms with van der Waals surface area (Å²) in [6.07, 6.45) is -0.417. The highest BCUT2D eigenvalue weighted by atomic mass is 79.9. The number of benzene rings is 1. The van der Waals surface area contributed by atoms with E-state index in [0.29, 0.717) is 16.8 Å². The van der Waals surface area contributed by atoms with Gasteiger partial charge in [0, 0.05) is 13.6 Å². The van der Waals surface area contributed by atoms with E-state index in [-0.39, 0.29) is 5.75 Å². The number of hydrogen-bond acceptors (Lipinski definition) is 4. The van der Waals surface area contributed by atoms with Crippen LogP contribution in [0.1, 0.15) is 26.3 Å². The van der Waals surface area contributed by atoms with Crippen molar-refractivity contribution < 1.29 is 19.4 Å². The molecule has 1 aromatic carbocycles. The fourth-order valence-electron chi connectivity index (χ4n) is 1.54. The number of carbonyl (C=O) groups excluding carboxylic acids is 1. The van der Waals surface area contributed by atoms with E-state index < -0.39 is 11.7 Å². The molecule has 0 aromatic heterocycles. The van der Waals surface area contributed by atoms with Gasteiger partial charge in [0.15, 0.2) is 11.5 Å². The molecule has 0 aliphatic carbocycles. The maximum absolute atomic E-state index is 11.9. The molecule has 1 amide bonds. The summed E-state index contributed by atoms with van der Waals surface area (Å²) >= 11 is 3.30. The maximum Gasteiger partial charge on any atom is 0.410 e. The van der Waals surface area contributed by atoms with Crippen molar-refractivity contribution in [1.82, 2.24) is 4.90 Å². The van der Waals surface area contributed by atoms with E-state index in [1.807, 2.05) is 20.8 Å². The van der Waals surface area contributed by atoms with Crippen molar-refractivity contribution in [1.29, 1.82) is 0 Å². The number of ether oxygens (including phenoxy) is 2. The SMILES string of the molecule is COc1ccc(CN(C)C(=O)OC(C)(C)C)c(Br)c1O. The van der Waals surface area contributed by atoms with E-state index in [9.17, 15) is 9.90 Å². The van der Waals surface area contributed by atoms with Crippen molar-refractivity contribution in [3.8, 4) is 11.5 Å². The van der Waals surface area contributed by atoms with Crippen LogP contribution in [0.2, 0.25) is 0 Å². The average molecular weight is 346 g/mol. The Morgan fingerprint density at radius 3 is 2.50 bits per heavy atom. The summed E-state index contributed by atoms with van der Waals surface area (Å²) in [6, 6.07) is 3.43. The molecular weight excluding hydrogens is 326 g/mol. The predicted molar refractivity (Wildman–Crippen MR) is 80.1 cm³/mol. The molecule has 0 atom stereocenters. The van der Waals surface area contributed by atoms with Gasteiger partial charge >= 0.3 is 6.09 Å². The van der Waals surface area contributed by atoms with Crippen molar-refractivity contribution >= 4 is 22.0 Å². The second kappa shape index (κ2) is 6.35. The third kappa shape index (κ3) is 4.30. The number of rotatable bonds is 3. The molecule has 5 nitrogen and oxygen atoms in total. The van der Waals surface area contributed by atoms with E-state index in [2.05, 4.69) is 15.9 Å². The molecule has 0 saturated carbocycles. The third-order valence-electron chi connectivity index (χ3n) is 2.49. The van der Waals surface area contributed by atoms with Gasteiger partial charge in [-0.3, -0.25) is 0 Å². The first-order valence-corrected chi connectivity index (χ1v) is 6.93. The summed E-state index contributed by atoms with van der Waals surface area (Å²) in [4.78, 5) is 13.3. The number of phenolic OH excluding ortho intramolecular Hbond substituents is 1. The standard InChI is InChI=1S/C14H20BrNO4/c1-14(2,3)20-13(18)16(4)8-9-6-7-10(19-5)12(17)11(9)15/h6-7,17H,8H2,1-5H3. The van der Waals surface area contributed by atoms with Crippen LogP contribution < -0.4 is 4.74 Å². The fourth-order valence-corrected chi connectivity index (χ4v) is 1.99. The summed E-state index contributed by atoms with van der Waals surface area (Å²) in [5.74, 6) is 0.392. The van der Waals surface area contributed by atoms with Crippen molar-refractivity contribution in [2.24, 2.45) is 0 Å². The monoisotopic (exact) mass is 345 g/mol. The highest BCUT2D eigenvalue weighted by Gasteiger charge is 2.21. The van der Waals surface area contributed by atoms with Crippen LogP contribution in [0.15, 0.2) is 16.6 Å². The van der Waals surface area contributed by atoms with Crippen LogP contribution in [0, 0.1) is 0 Å². The van der Waals surface area contributed by atoms with Crippen LogP contribution in [0.4, 0.5) is 4.79 Å². The molecule has 0 bridgehead atoms. The molecule has 6 heteroatoms. The summed E-state index contributed by atoms with van der Waals surface area (Å²) < 4.78 is 10.8. The Bertz CT molecular complexity index is 497. The normalized spacial score (nSPS) is 11.1. The molecule has 112 valence electrons. The van der Waals surface area contributed by atoms with E-state index in [1.54, 1.807) is 19.2 Å². The molecule has 1 aromatic rings.